The van der Waals surface area contributed by atoms with E-state index in [2.05, 4.69) is 15.3 Å². The van der Waals surface area contributed by atoms with Crippen molar-refractivity contribution >= 4 is 23.7 Å². The molecule has 1 unspecified atom stereocenters. The first-order valence-electron chi connectivity index (χ1n) is 10.9. The average Bonchev–Trinajstić information content (AvgIpc) is 2.76. The Morgan fingerprint density at radius 1 is 1.11 bits per heavy atom. The van der Waals surface area contributed by atoms with E-state index >= 15 is 0 Å². The number of nitrogens with zero attached hydrogens (tertiary/aromatic N) is 2. The molecule has 0 saturated heterocycles. The number of carbonyl (C=O) groups is 2. The smallest absolute Gasteiger partial charge is 0.407 e. The van der Waals surface area contributed by atoms with Gasteiger partial charge in [-0.3, -0.25) is 4.79 Å². The van der Waals surface area contributed by atoms with Gasteiger partial charge in [0.2, 0.25) is 0 Å². The number of carboxylic acids is 1. The van der Waals surface area contributed by atoms with Crippen molar-refractivity contribution in [2.75, 3.05) is 0 Å². The first-order chi connectivity index (χ1) is 16.9. The Kier molecular flexibility index (Phi) is 8.41. The minimum absolute atomic E-state index is 0.0254. The molecule has 36 heavy (non-hydrogen) atoms. The van der Waals surface area contributed by atoms with Crippen molar-refractivity contribution in [2.45, 2.75) is 45.3 Å². The molecule has 2 N–H and O–H groups in total. The number of hydrogen-bond acceptors (Lipinski definition) is 6. The lowest BCUT2D eigenvalue weighted by Gasteiger charge is -2.23. The highest BCUT2D eigenvalue weighted by molar-refractivity contribution is 6.30. The van der Waals surface area contributed by atoms with Crippen LogP contribution in [0.2, 0.25) is 5.02 Å². The molecule has 0 spiro atoms. The van der Waals surface area contributed by atoms with Crippen molar-refractivity contribution < 1.29 is 33.0 Å². The molecule has 0 bridgehead atoms. The van der Waals surface area contributed by atoms with Crippen molar-refractivity contribution in [2.24, 2.45) is 0 Å². The Hall–Kier alpha value is -3.79. The highest BCUT2D eigenvalue weighted by atomic mass is 35.5. The second-order valence-corrected chi connectivity index (χ2v) is 9.27. The molecule has 11 heteroatoms. The van der Waals surface area contributed by atoms with Gasteiger partial charge in [0, 0.05) is 24.2 Å². The minimum Gasteiger partial charge on any atom is -0.481 e. The normalized spacial score (nSPS) is 12.1. The van der Waals surface area contributed by atoms with Crippen LogP contribution in [0.1, 0.15) is 32.9 Å². The van der Waals surface area contributed by atoms with Gasteiger partial charge >= 0.3 is 12.1 Å². The predicted octanol–water partition coefficient (Wildman–Crippen LogP) is 5.78. The molecule has 1 atom stereocenters. The molecule has 8 nitrogen and oxygen atoms in total. The number of hydrogen-bond donors (Lipinski definition) is 2. The standard InChI is InChI=1S/C25H24ClF2N3O5/c1-25(2,3)36-24(34)30-16(12-22(32)33)11-21-18(27)8-9-20(31-21)14-4-6-17(7-5-14)35-23-19(28)10-15(26)13-29-23/h4-10,13,16H,11-12H2,1-3H3,(H,30,34)(H,32,33). The number of rotatable bonds is 8. The lowest BCUT2D eigenvalue weighted by Crippen LogP contribution is -2.41. The van der Waals surface area contributed by atoms with Crippen LogP contribution < -0.4 is 10.1 Å². The van der Waals surface area contributed by atoms with Gasteiger partial charge in [-0.2, -0.15) is 0 Å². The van der Waals surface area contributed by atoms with E-state index in [0.717, 1.165) is 6.07 Å². The van der Waals surface area contributed by atoms with Gasteiger partial charge < -0.3 is 19.9 Å². The van der Waals surface area contributed by atoms with Gasteiger partial charge in [-0.05, 0) is 63.2 Å². The van der Waals surface area contributed by atoms with Crippen LogP contribution in [-0.2, 0) is 16.0 Å². The summed E-state index contributed by atoms with van der Waals surface area (Å²) in [5, 5.41) is 11.8. The Balaban J connectivity index is 1.77. The third-order valence-corrected chi connectivity index (χ3v) is 4.85. The van der Waals surface area contributed by atoms with Gasteiger partial charge in [-0.25, -0.2) is 23.5 Å². The van der Waals surface area contributed by atoms with E-state index in [1.54, 1.807) is 45.0 Å². The summed E-state index contributed by atoms with van der Waals surface area (Å²) in [5.74, 6) is -2.47. The maximum Gasteiger partial charge on any atom is 0.407 e. The number of benzene rings is 1. The van der Waals surface area contributed by atoms with Crippen LogP contribution in [0, 0.1) is 11.6 Å². The Bertz CT molecular complexity index is 1250. The van der Waals surface area contributed by atoms with E-state index < -0.39 is 41.8 Å². The maximum absolute atomic E-state index is 14.5. The van der Waals surface area contributed by atoms with Crippen molar-refractivity contribution in [1.29, 1.82) is 0 Å². The summed E-state index contributed by atoms with van der Waals surface area (Å²) in [4.78, 5) is 31.5. The van der Waals surface area contributed by atoms with E-state index in [9.17, 15) is 23.5 Å². The summed E-state index contributed by atoms with van der Waals surface area (Å²) < 4.78 is 39.1. The molecule has 2 heterocycles. The molecular weight excluding hydrogens is 496 g/mol. The molecule has 1 aromatic carbocycles. The van der Waals surface area contributed by atoms with Crippen LogP contribution in [0.3, 0.4) is 0 Å². The summed E-state index contributed by atoms with van der Waals surface area (Å²) in [6.07, 6.45) is -0.180. The van der Waals surface area contributed by atoms with Crippen LogP contribution in [0.5, 0.6) is 11.6 Å². The fourth-order valence-corrected chi connectivity index (χ4v) is 3.31. The van der Waals surface area contributed by atoms with Crippen LogP contribution in [0.25, 0.3) is 11.3 Å². The molecule has 0 aliphatic rings. The van der Waals surface area contributed by atoms with Gasteiger partial charge in [0.05, 0.1) is 22.8 Å². The zero-order valence-corrected chi connectivity index (χ0v) is 20.5. The Labute approximate surface area is 211 Å². The summed E-state index contributed by atoms with van der Waals surface area (Å²) in [6, 6.07) is 9.20. The fourth-order valence-electron chi connectivity index (χ4n) is 3.16. The number of carbonyl (C=O) groups excluding carboxylic acids is 1. The monoisotopic (exact) mass is 519 g/mol. The second kappa shape index (κ2) is 11.3. The highest BCUT2D eigenvalue weighted by Gasteiger charge is 2.23. The zero-order valence-electron chi connectivity index (χ0n) is 19.7. The van der Waals surface area contributed by atoms with E-state index in [-0.39, 0.29) is 23.0 Å². The van der Waals surface area contributed by atoms with Gasteiger partial charge in [0.15, 0.2) is 5.82 Å². The predicted molar refractivity (Wildman–Crippen MR) is 128 cm³/mol. The van der Waals surface area contributed by atoms with Crippen molar-refractivity contribution in [1.82, 2.24) is 15.3 Å². The largest absolute Gasteiger partial charge is 0.481 e. The van der Waals surface area contributed by atoms with E-state index in [1.807, 2.05) is 0 Å². The number of alkyl carbamates (subject to hydrolysis) is 1. The third-order valence-electron chi connectivity index (χ3n) is 4.64. The second-order valence-electron chi connectivity index (χ2n) is 8.84. The molecule has 1 amide bonds. The topological polar surface area (TPSA) is 111 Å². The average molecular weight is 520 g/mol. The molecule has 0 aliphatic heterocycles. The summed E-state index contributed by atoms with van der Waals surface area (Å²) in [5.41, 5.74) is 0.192. The Morgan fingerprint density at radius 3 is 2.42 bits per heavy atom. The molecule has 0 aliphatic carbocycles. The van der Waals surface area contributed by atoms with Crippen LogP contribution in [-0.4, -0.2) is 38.8 Å². The maximum atomic E-state index is 14.5. The first-order valence-corrected chi connectivity index (χ1v) is 11.2. The first kappa shape index (κ1) is 26.8. The van der Waals surface area contributed by atoms with Crippen LogP contribution in [0.15, 0.2) is 48.7 Å². The molecule has 3 rings (SSSR count). The minimum atomic E-state index is -1.17. The van der Waals surface area contributed by atoms with Crippen molar-refractivity contribution in [3.63, 3.8) is 0 Å². The number of aliphatic carboxylic acids is 1. The molecule has 0 radical (unpaired) electrons. The molecule has 190 valence electrons. The number of pyridine rings is 2. The number of carboxylic acid groups (broad SMARTS) is 1. The highest BCUT2D eigenvalue weighted by Crippen LogP contribution is 2.27. The van der Waals surface area contributed by atoms with Crippen molar-refractivity contribution in [3.05, 3.63) is 71.0 Å². The van der Waals surface area contributed by atoms with E-state index in [0.29, 0.717) is 17.0 Å². The molecule has 0 saturated carbocycles. The quantitative estimate of drug-likeness (QED) is 0.388. The zero-order chi connectivity index (χ0) is 26.5. The fraction of sp³-hybridized carbons (Fsp3) is 0.280. The van der Waals surface area contributed by atoms with Gasteiger partial charge in [0.1, 0.15) is 17.2 Å². The summed E-state index contributed by atoms with van der Waals surface area (Å²) in [6.45, 7) is 5.01. The van der Waals surface area contributed by atoms with Gasteiger partial charge in [0.25, 0.3) is 5.88 Å². The van der Waals surface area contributed by atoms with Gasteiger partial charge in [-0.15, -0.1) is 0 Å². The van der Waals surface area contributed by atoms with Crippen LogP contribution >= 0.6 is 11.6 Å². The Morgan fingerprint density at radius 2 is 1.81 bits per heavy atom. The third kappa shape index (κ3) is 7.88. The van der Waals surface area contributed by atoms with E-state index in [4.69, 9.17) is 21.1 Å². The number of ether oxygens (including phenoxy) is 2. The number of nitrogens with one attached hydrogen (secondary N) is 1. The lowest BCUT2D eigenvalue weighted by atomic mass is 10.1. The summed E-state index contributed by atoms with van der Waals surface area (Å²) >= 11 is 5.69. The summed E-state index contributed by atoms with van der Waals surface area (Å²) in [7, 11) is 0. The van der Waals surface area contributed by atoms with Crippen molar-refractivity contribution in [3.8, 4) is 22.9 Å². The molecule has 3 aromatic rings. The van der Waals surface area contributed by atoms with Crippen LogP contribution in [0.4, 0.5) is 13.6 Å². The molecular formula is C25H24ClF2N3O5. The van der Waals surface area contributed by atoms with E-state index in [1.165, 1.54) is 18.3 Å². The lowest BCUT2D eigenvalue weighted by molar-refractivity contribution is -0.137. The molecule has 0 fully saturated rings. The number of aromatic nitrogens is 2. The number of halogens is 3. The number of amides is 1. The van der Waals surface area contributed by atoms with Gasteiger partial charge in [-0.1, -0.05) is 11.6 Å². The molecule has 2 aromatic heterocycles. The SMILES string of the molecule is CC(C)(C)OC(=O)NC(CC(=O)O)Cc1nc(-c2ccc(Oc3ncc(Cl)cc3F)cc2)ccc1F.